The summed E-state index contributed by atoms with van der Waals surface area (Å²) in [5.41, 5.74) is 1.94. The first kappa shape index (κ1) is 8.48. The zero-order valence-electron chi connectivity index (χ0n) is 8.14. The standard InChI is InChI=1S/C13H10O2/c14-12-8-11(13-6-3-7-15-13)9-4-1-2-5-10(9)12/h1-7,11H,8H2/t11-/m1/s1. The molecule has 0 aliphatic heterocycles. The average Bonchev–Trinajstić information content (AvgIpc) is 2.87. The van der Waals surface area contributed by atoms with Gasteiger partial charge in [0.05, 0.1) is 12.2 Å². The van der Waals surface area contributed by atoms with Crippen LogP contribution in [0.3, 0.4) is 0 Å². The van der Waals surface area contributed by atoms with Gasteiger partial charge in [0.1, 0.15) is 5.76 Å². The number of carbonyl (C=O) groups excluding carboxylic acids is 1. The van der Waals surface area contributed by atoms with Crippen LogP contribution in [0, 0.1) is 0 Å². The molecule has 0 amide bonds. The number of hydrogen-bond acceptors (Lipinski definition) is 2. The number of hydrogen-bond donors (Lipinski definition) is 0. The minimum absolute atomic E-state index is 0.115. The maximum Gasteiger partial charge on any atom is 0.164 e. The molecular weight excluding hydrogens is 188 g/mol. The molecule has 15 heavy (non-hydrogen) atoms. The van der Waals surface area contributed by atoms with Crippen molar-refractivity contribution in [2.24, 2.45) is 0 Å². The molecule has 0 bridgehead atoms. The van der Waals surface area contributed by atoms with Crippen LogP contribution in [0.25, 0.3) is 0 Å². The van der Waals surface area contributed by atoms with Crippen molar-refractivity contribution in [1.29, 1.82) is 0 Å². The molecule has 3 rings (SSSR count). The molecule has 1 aliphatic carbocycles. The van der Waals surface area contributed by atoms with Crippen LogP contribution in [0.1, 0.15) is 34.0 Å². The summed E-state index contributed by atoms with van der Waals surface area (Å²) in [5.74, 6) is 1.21. The number of rotatable bonds is 1. The topological polar surface area (TPSA) is 30.2 Å². The molecule has 2 heteroatoms. The first-order chi connectivity index (χ1) is 7.36. The van der Waals surface area contributed by atoms with Gasteiger partial charge in [-0.1, -0.05) is 24.3 Å². The maximum atomic E-state index is 11.7. The van der Waals surface area contributed by atoms with Crippen molar-refractivity contribution in [3.05, 3.63) is 59.5 Å². The second-order valence-corrected chi connectivity index (χ2v) is 3.78. The summed E-state index contributed by atoms with van der Waals surface area (Å²) in [5, 5.41) is 0. The minimum Gasteiger partial charge on any atom is -0.469 e. The molecule has 0 N–H and O–H groups in total. The van der Waals surface area contributed by atoms with E-state index in [4.69, 9.17) is 4.42 Å². The van der Waals surface area contributed by atoms with Gasteiger partial charge in [0.25, 0.3) is 0 Å². The molecule has 0 unspecified atom stereocenters. The lowest BCUT2D eigenvalue weighted by Gasteiger charge is -2.06. The molecule has 0 fully saturated rings. The molecule has 0 radical (unpaired) electrons. The van der Waals surface area contributed by atoms with E-state index >= 15 is 0 Å². The van der Waals surface area contributed by atoms with Crippen LogP contribution in [0.15, 0.2) is 47.1 Å². The fraction of sp³-hybridized carbons (Fsp3) is 0.154. The van der Waals surface area contributed by atoms with Crippen LogP contribution in [-0.4, -0.2) is 5.78 Å². The van der Waals surface area contributed by atoms with Gasteiger partial charge in [-0.05, 0) is 17.7 Å². The van der Waals surface area contributed by atoms with E-state index in [1.807, 2.05) is 36.4 Å². The Hall–Kier alpha value is -1.83. The Balaban J connectivity index is 2.13. The number of fused-ring (bicyclic) bond motifs is 1. The van der Waals surface area contributed by atoms with E-state index in [0.717, 1.165) is 16.9 Å². The predicted molar refractivity (Wildman–Crippen MR) is 55.9 cm³/mol. The summed E-state index contributed by atoms with van der Waals surface area (Å²) in [6, 6.07) is 11.6. The smallest absolute Gasteiger partial charge is 0.164 e. The Bertz CT molecular complexity index is 497. The van der Waals surface area contributed by atoms with Gasteiger partial charge < -0.3 is 4.42 Å². The molecule has 0 saturated carbocycles. The molecular formula is C13H10O2. The van der Waals surface area contributed by atoms with E-state index in [2.05, 4.69) is 0 Å². The van der Waals surface area contributed by atoms with E-state index in [9.17, 15) is 4.79 Å². The van der Waals surface area contributed by atoms with Crippen LogP contribution < -0.4 is 0 Å². The van der Waals surface area contributed by atoms with Gasteiger partial charge >= 0.3 is 0 Å². The van der Waals surface area contributed by atoms with Crippen LogP contribution in [0.4, 0.5) is 0 Å². The van der Waals surface area contributed by atoms with Gasteiger partial charge in [-0.15, -0.1) is 0 Å². The SMILES string of the molecule is O=C1C[C@@H](c2ccco2)c2ccccc21. The zero-order chi connectivity index (χ0) is 10.3. The summed E-state index contributed by atoms with van der Waals surface area (Å²) in [7, 11) is 0. The molecule has 0 spiro atoms. The quantitative estimate of drug-likeness (QED) is 0.705. The minimum atomic E-state index is 0.115. The zero-order valence-corrected chi connectivity index (χ0v) is 8.14. The summed E-state index contributed by atoms with van der Waals surface area (Å²) >= 11 is 0. The first-order valence-electron chi connectivity index (χ1n) is 5.02. The molecule has 2 nitrogen and oxygen atoms in total. The largest absolute Gasteiger partial charge is 0.469 e. The van der Waals surface area contributed by atoms with Gasteiger partial charge in [0.2, 0.25) is 0 Å². The average molecular weight is 198 g/mol. The summed E-state index contributed by atoms with van der Waals surface area (Å²) in [6.07, 6.45) is 2.19. The van der Waals surface area contributed by atoms with Crippen molar-refractivity contribution < 1.29 is 9.21 Å². The third kappa shape index (κ3) is 1.22. The Morgan fingerprint density at radius 1 is 1.13 bits per heavy atom. The van der Waals surface area contributed by atoms with Crippen molar-refractivity contribution in [3.63, 3.8) is 0 Å². The summed E-state index contributed by atoms with van der Waals surface area (Å²) in [4.78, 5) is 11.7. The van der Waals surface area contributed by atoms with Crippen molar-refractivity contribution in [3.8, 4) is 0 Å². The fourth-order valence-corrected chi connectivity index (χ4v) is 2.20. The van der Waals surface area contributed by atoms with Crippen molar-refractivity contribution in [1.82, 2.24) is 0 Å². The lowest BCUT2D eigenvalue weighted by atomic mass is 9.99. The van der Waals surface area contributed by atoms with Crippen LogP contribution in [-0.2, 0) is 0 Å². The maximum absolute atomic E-state index is 11.7. The van der Waals surface area contributed by atoms with E-state index in [1.165, 1.54) is 0 Å². The second kappa shape index (κ2) is 3.09. The van der Waals surface area contributed by atoms with Crippen LogP contribution >= 0.6 is 0 Å². The highest BCUT2D eigenvalue weighted by atomic mass is 16.3. The number of ketones is 1. The summed E-state index contributed by atoms with van der Waals surface area (Å²) < 4.78 is 5.37. The summed E-state index contributed by atoms with van der Waals surface area (Å²) in [6.45, 7) is 0. The highest BCUT2D eigenvalue weighted by Crippen LogP contribution is 2.37. The highest BCUT2D eigenvalue weighted by Gasteiger charge is 2.31. The van der Waals surface area contributed by atoms with E-state index in [0.29, 0.717) is 6.42 Å². The monoisotopic (exact) mass is 198 g/mol. The Morgan fingerprint density at radius 3 is 2.80 bits per heavy atom. The van der Waals surface area contributed by atoms with Crippen molar-refractivity contribution in [2.75, 3.05) is 0 Å². The first-order valence-corrected chi connectivity index (χ1v) is 5.02. The van der Waals surface area contributed by atoms with E-state index in [1.54, 1.807) is 6.26 Å². The van der Waals surface area contributed by atoms with Gasteiger partial charge in [-0.3, -0.25) is 4.79 Å². The molecule has 0 saturated heterocycles. The highest BCUT2D eigenvalue weighted by molar-refractivity contribution is 6.01. The number of carbonyl (C=O) groups is 1. The van der Waals surface area contributed by atoms with Gasteiger partial charge in [0, 0.05) is 12.0 Å². The van der Waals surface area contributed by atoms with Gasteiger partial charge in [0.15, 0.2) is 5.78 Å². The van der Waals surface area contributed by atoms with Crippen LogP contribution in [0.2, 0.25) is 0 Å². The lowest BCUT2D eigenvalue weighted by molar-refractivity contribution is 0.0989. The third-order valence-electron chi connectivity index (χ3n) is 2.91. The molecule has 1 atom stereocenters. The van der Waals surface area contributed by atoms with E-state index in [-0.39, 0.29) is 11.7 Å². The normalized spacial score (nSPS) is 19.2. The van der Waals surface area contributed by atoms with Gasteiger partial charge in [-0.2, -0.15) is 0 Å². The van der Waals surface area contributed by atoms with Gasteiger partial charge in [-0.25, -0.2) is 0 Å². The Morgan fingerprint density at radius 2 is 2.00 bits per heavy atom. The molecule has 1 aromatic carbocycles. The van der Waals surface area contributed by atoms with E-state index < -0.39 is 0 Å². The molecule has 1 heterocycles. The predicted octanol–water partition coefficient (Wildman–Crippen LogP) is 3.00. The Kier molecular flexibility index (Phi) is 1.75. The molecule has 1 aliphatic rings. The lowest BCUT2D eigenvalue weighted by Crippen LogP contribution is -1.94. The molecule has 1 aromatic heterocycles. The third-order valence-corrected chi connectivity index (χ3v) is 2.91. The fourth-order valence-electron chi connectivity index (χ4n) is 2.20. The number of benzene rings is 1. The van der Waals surface area contributed by atoms with Crippen molar-refractivity contribution in [2.45, 2.75) is 12.3 Å². The molecule has 2 aromatic rings. The molecule has 74 valence electrons. The second-order valence-electron chi connectivity index (χ2n) is 3.78. The van der Waals surface area contributed by atoms with Crippen LogP contribution in [0.5, 0.6) is 0 Å². The van der Waals surface area contributed by atoms with Crippen molar-refractivity contribution >= 4 is 5.78 Å². The Labute approximate surface area is 87.5 Å². The number of furan rings is 1. The number of Topliss-reactive ketones (excluding diaryl/α,β-unsaturated/α-hetero) is 1.